The van der Waals surface area contributed by atoms with E-state index in [9.17, 15) is 0 Å². The third-order valence-electron chi connectivity index (χ3n) is 20.1. The van der Waals surface area contributed by atoms with Crippen LogP contribution in [0.4, 0.5) is 38.4 Å². The van der Waals surface area contributed by atoms with Gasteiger partial charge in [0.1, 0.15) is 63.0 Å². The summed E-state index contributed by atoms with van der Waals surface area (Å²) in [5.74, 6) is 2.12. The van der Waals surface area contributed by atoms with Crippen LogP contribution in [0.15, 0.2) is 24.3 Å². The standard InChI is InChI=1S/C50H56Br4N16O12.C2H8N2/c1-47-49(3)67-23-59-37-35-55(39(59)71)21-57-36-38-61(41(57)73)25-69-45(77)65-19-29-30(34(82-16-12-54)8-7-33(29)81-15-11-53)20-66-46(78)70(50(69,4)48(65,66)2)26-62(38)42(74)58(36)22-56(35)40(72)60(37)24-68(49)44(76)64(47)18-28-27(17-63(47)43(67)75)31(79-13-9-51)5-6-32(28)80-14-10-52;3-1-2-4/h5-8,35-38H,9-26H2,1-4H3;1-4H2. The van der Waals surface area contributed by atoms with Crippen LogP contribution in [0, 0.1) is 0 Å². The van der Waals surface area contributed by atoms with E-state index < -0.39 is 109 Å². The molecule has 11 saturated heterocycles. The van der Waals surface area contributed by atoms with E-state index in [1.807, 2.05) is 13.8 Å². The molecule has 34 heteroatoms. The van der Waals surface area contributed by atoms with Crippen molar-refractivity contribution in [3.63, 3.8) is 0 Å². The quantitative estimate of drug-likeness (QED) is 0.273. The summed E-state index contributed by atoms with van der Waals surface area (Å²) in [5.41, 5.74) is 6.79. The molecule has 0 unspecified atom stereocenters. The molecule has 13 heterocycles. The molecule has 16 amide bonds. The molecular weight excluding hydrogens is 1390 g/mol. The van der Waals surface area contributed by atoms with Gasteiger partial charge >= 0.3 is 48.2 Å². The van der Waals surface area contributed by atoms with Crippen LogP contribution in [0.1, 0.15) is 49.9 Å². The molecule has 30 nitrogen and oxygen atoms in total. The number of benzene rings is 2. The number of rotatable bonds is 13. The van der Waals surface area contributed by atoms with Gasteiger partial charge in [0.25, 0.3) is 0 Å². The lowest BCUT2D eigenvalue weighted by Gasteiger charge is -2.49. The zero-order valence-corrected chi connectivity index (χ0v) is 53.8. The summed E-state index contributed by atoms with van der Waals surface area (Å²) in [5, 5.41) is 2.18. The fourth-order valence-electron chi connectivity index (χ4n) is 15.8. The molecule has 4 N–H and O–H groups in total. The smallest absolute Gasteiger partial charge is 0.326 e. The Morgan fingerprint density at radius 3 is 0.744 bits per heavy atom. The minimum Gasteiger partial charge on any atom is -0.492 e. The SMILES string of the molecule is CC12N3Cc4c(OCCBr)ccc(OCCBr)c4CN1C(=O)N1CN4C(=O)N5CN6C(=O)N7CN8C(=O)N9Cc%10c(OCCBr)ccc(OCCBr)c%10CN%10C(=O)N(CN%11C(=O)N(CN%12C(=O)N(CN(C3=O)C12C)C4C%125)C6C%117)C8(C)C%109C.NCCN. The molecule has 86 heavy (non-hydrogen) atoms. The fraction of sp³-hybridized carbons (Fsp3) is 0.615. The number of nitrogens with two attached hydrogens (primary N) is 2. The molecule has 0 aliphatic carbocycles. The summed E-state index contributed by atoms with van der Waals surface area (Å²) in [6.45, 7) is 7.63. The largest absolute Gasteiger partial charge is 0.492 e. The Hall–Kier alpha value is -6.36. The predicted molar refractivity (Wildman–Crippen MR) is 314 cm³/mol. The Morgan fingerprint density at radius 1 is 0.349 bits per heavy atom. The highest BCUT2D eigenvalue weighted by Gasteiger charge is 2.80. The van der Waals surface area contributed by atoms with Crippen molar-refractivity contribution in [2.24, 2.45) is 11.5 Å². The van der Waals surface area contributed by atoms with Crippen LogP contribution in [0.3, 0.4) is 0 Å². The van der Waals surface area contributed by atoms with E-state index in [0.29, 0.717) is 106 Å². The molecular formula is C52H64Br4N18O12. The number of amides is 16. The Labute approximate surface area is 527 Å². The molecule has 11 fully saturated rings. The number of hydrogen-bond acceptors (Lipinski definition) is 14. The molecule has 462 valence electrons. The van der Waals surface area contributed by atoms with Gasteiger partial charge in [-0.15, -0.1) is 0 Å². The van der Waals surface area contributed by atoms with Crippen molar-refractivity contribution in [1.82, 2.24) is 78.4 Å². The van der Waals surface area contributed by atoms with Gasteiger partial charge in [0.15, 0.2) is 47.3 Å². The lowest BCUT2D eigenvalue weighted by molar-refractivity contribution is -0.0871. The van der Waals surface area contributed by atoms with E-state index >= 15 is 38.4 Å². The predicted octanol–water partition coefficient (Wildman–Crippen LogP) is 3.27. The first kappa shape index (κ1) is 57.4. The van der Waals surface area contributed by atoms with E-state index in [0.717, 1.165) is 0 Å². The Bertz CT molecular complexity index is 2920. The van der Waals surface area contributed by atoms with Gasteiger partial charge in [-0.1, -0.05) is 63.7 Å². The first-order valence-corrected chi connectivity index (χ1v) is 32.9. The molecule has 0 aromatic heterocycles. The molecule has 13 aliphatic rings. The second-order valence-electron chi connectivity index (χ2n) is 23.4. The lowest BCUT2D eigenvalue weighted by Crippen LogP contribution is -2.69. The Balaban J connectivity index is 0.00000159. The molecule has 0 atom stereocenters. The van der Waals surface area contributed by atoms with Crippen LogP contribution in [0.2, 0.25) is 0 Å². The van der Waals surface area contributed by atoms with Crippen molar-refractivity contribution >= 4 is 112 Å². The van der Waals surface area contributed by atoms with E-state index in [4.69, 9.17) is 30.4 Å². The summed E-state index contributed by atoms with van der Waals surface area (Å²) in [4.78, 5) is 148. The number of halogens is 4. The highest BCUT2D eigenvalue weighted by atomic mass is 79.9. The Morgan fingerprint density at radius 2 is 0.547 bits per heavy atom. The van der Waals surface area contributed by atoms with E-state index in [1.54, 1.807) is 57.7 Å². The van der Waals surface area contributed by atoms with Crippen LogP contribution in [0.5, 0.6) is 23.0 Å². The number of alkyl halides is 4. The maximum atomic E-state index is 15.5. The molecule has 2 aromatic rings. The fourth-order valence-corrected chi connectivity index (χ4v) is 16.4. The molecule has 0 bridgehead atoms. The van der Waals surface area contributed by atoms with Crippen molar-refractivity contribution in [2.75, 3.05) is 101 Å². The monoisotopic (exact) mass is 1450 g/mol. The number of carbonyl (C=O) groups excluding carboxylic acids is 8. The van der Waals surface area contributed by atoms with Crippen molar-refractivity contribution in [3.8, 4) is 23.0 Å². The maximum Gasteiger partial charge on any atom is 0.326 e. The number of hydrogen-bond donors (Lipinski definition) is 2. The minimum atomic E-state index is -1.48. The highest BCUT2D eigenvalue weighted by Crippen LogP contribution is 2.59. The average molecular weight is 1450 g/mol. The van der Waals surface area contributed by atoms with Crippen LogP contribution in [0.25, 0.3) is 0 Å². The topological polar surface area (TPSA) is 277 Å². The van der Waals surface area contributed by atoms with E-state index in [1.165, 1.54) is 58.8 Å². The molecule has 0 spiro atoms. The summed E-state index contributed by atoms with van der Waals surface area (Å²) in [7, 11) is 0. The molecule has 0 radical (unpaired) electrons. The van der Waals surface area contributed by atoms with Crippen molar-refractivity contribution in [2.45, 2.75) is 101 Å². The third-order valence-corrected chi connectivity index (χ3v) is 21.4. The summed E-state index contributed by atoms with van der Waals surface area (Å²) < 4.78 is 24.9. The first-order valence-electron chi connectivity index (χ1n) is 28.4. The molecule has 15 rings (SSSR count). The summed E-state index contributed by atoms with van der Waals surface area (Å²) in [6.07, 6.45) is -4.42. The van der Waals surface area contributed by atoms with Crippen LogP contribution in [-0.2, 0) is 26.2 Å². The third kappa shape index (κ3) is 7.03. The number of nitrogens with zero attached hydrogens (tertiary/aromatic N) is 16. The van der Waals surface area contributed by atoms with E-state index in [-0.39, 0.29) is 52.9 Å². The van der Waals surface area contributed by atoms with Gasteiger partial charge in [-0.25, -0.2) is 38.4 Å². The van der Waals surface area contributed by atoms with Gasteiger partial charge in [-0.3, -0.25) is 78.4 Å². The Kier molecular flexibility index (Phi) is 13.4. The lowest BCUT2D eigenvalue weighted by atomic mass is 9.95. The molecule has 2 aromatic carbocycles. The second-order valence-corrected chi connectivity index (χ2v) is 26.6. The number of fused-ring (bicyclic) bond motifs is 2. The maximum absolute atomic E-state index is 15.5. The zero-order chi connectivity index (χ0) is 60.6. The van der Waals surface area contributed by atoms with Crippen LogP contribution in [-0.4, -0.2) is 275 Å². The van der Waals surface area contributed by atoms with Crippen LogP contribution < -0.4 is 30.4 Å². The number of carbonyl (C=O) groups is 8. The van der Waals surface area contributed by atoms with Gasteiger partial charge < -0.3 is 30.4 Å². The van der Waals surface area contributed by atoms with Crippen molar-refractivity contribution in [3.05, 3.63) is 46.5 Å². The van der Waals surface area contributed by atoms with E-state index in [2.05, 4.69) is 63.7 Å². The molecule has 13 aliphatic heterocycles. The van der Waals surface area contributed by atoms with Crippen molar-refractivity contribution < 1.29 is 57.3 Å². The van der Waals surface area contributed by atoms with Gasteiger partial charge in [0.05, 0.1) is 52.6 Å². The normalized spacial score (nSPS) is 31.1. The van der Waals surface area contributed by atoms with Crippen molar-refractivity contribution in [1.29, 1.82) is 0 Å². The minimum absolute atomic E-state index is 0.0240. The number of urea groups is 8. The van der Waals surface area contributed by atoms with Crippen LogP contribution >= 0.6 is 63.7 Å². The molecule has 0 saturated carbocycles. The first-order chi connectivity index (χ1) is 41.3. The summed E-state index contributed by atoms with van der Waals surface area (Å²) in [6, 6.07) is 3.02. The number of ether oxygens (including phenoxy) is 4. The second kappa shape index (κ2) is 20.1. The van der Waals surface area contributed by atoms with Gasteiger partial charge in [-0.05, 0) is 52.0 Å². The highest BCUT2D eigenvalue weighted by molar-refractivity contribution is 9.09. The summed E-state index contributed by atoms with van der Waals surface area (Å²) >= 11 is 13.8. The van der Waals surface area contributed by atoms with Gasteiger partial charge in [0.2, 0.25) is 0 Å². The van der Waals surface area contributed by atoms with Gasteiger partial charge in [-0.2, -0.15) is 0 Å². The zero-order valence-electron chi connectivity index (χ0n) is 47.5. The average Bonchev–Trinajstić information content (AvgIpc) is 1.51. The van der Waals surface area contributed by atoms with Gasteiger partial charge in [0, 0.05) is 56.7 Å².